The zero-order valence-electron chi connectivity index (χ0n) is 11.7. The van der Waals surface area contributed by atoms with E-state index >= 15 is 0 Å². The van der Waals surface area contributed by atoms with Crippen molar-refractivity contribution in [2.24, 2.45) is 0 Å². The van der Waals surface area contributed by atoms with E-state index in [1.54, 1.807) is 0 Å². The number of carboxylic acid groups (broad SMARTS) is 1. The van der Waals surface area contributed by atoms with Crippen LogP contribution in [0.5, 0.6) is 0 Å². The molecule has 0 radical (unpaired) electrons. The van der Waals surface area contributed by atoms with Crippen LogP contribution in [-0.4, -0.2) is 33.2 Å². The minimum absolute atomic E-state index is 0.221. The molecule has 1 aromatic carbocycles. The lowest BCUT2D eigenvalue weighted by Gasteiger charge is -2.11. The summed E-state index contributed by atoms with van der Waals surface area (Å²) in [4.78, 5) is 11.6. The molecule has 0 aromatic heterocycles. The maximum absolute atomic E-state index is 12.2. The Balaban J connectivity index is 1.94. The second kappa shape index (κ2) is 6.50. The lowest BCUT2D eigenvalue weighted by Crippen LogP contribution is -2.23. The second-order valence-corrected chi connectivity index (χ2v) is 6.89. The van der Waals surface area contributed by atoms with Gasteiger partial charge in [-0.1, -0.05) is 26.0 Å². The molecule has 1 aliphatic heterocycles. The Morgan fingerprint density at radius 2 is 2.00 bits per heavy atom. The van der Waals surface area contributed by atoms with Crippen LogP contribution in [0.2, 0.25) is 0 Å². The molecule has 110 valence electrons. The van der Waals surface area contributed by atoms with Crippen LogP contribution >= 0.6 is 0 Å². The van der Waals surface area contributed by atoms with Gasteiger partial charge in [-0.3, -0.25) is 4.21 Å². The predicted octanol–water partition coefficient (Wildman–Crippen LogP) is 2.55. The van der Waals surface area contributed by atoms with E-state index in [-0.39, 0.29) is 6.10 Å². The molecule has 1 saturated heterocycles. The Bertz CT molecular complexity index is 495. The van der Waals surface area contributed by atoms with Crippen LogP contribution in [-0.2, 0) is 20.3 Å². The van der Waals surface area contributed by atoms with Gasteiger partial charge in [-0.25, -0.2) is 4.79 Å². The first-order valence-electron chi connectivity index (χ1n) is 6.84. The zero-order chi connectivity index (χ0) is 14.7. The number of hydrogen-bond acceptors (Lipinski definition) is 3. The summed E-state index contributed by atoms with van der Waals surface area (Å²) < 4.78 is 17.6. The fourth-order valence-corrected chi connectivity index (χ4v) is 3.49. The van der Waals surface area contributed by atoms with Crippen molar-refractivity contribution < 1.29 is 18.8 Å². The fourth-order valence-electron chi connectivity index (χ4n) is 2.28. The van der Waals surface area contributed by atoms with Crippen LogP contribution in [0.1, 0.15) is 38.2 Å². The molecule has 0 aliphatic carbocycles. The maximum atomic E-state index is 12.2. The topological polar surface area (TPSA) is 63.6 Å². The largest absolute Gasteiger partial charge is 0.479 e. The highest BCUT2D eigenvalue weighted by Gasteiger charge is 2.31. The van der Waals surface area contributed by atoms with Gasteiger partial charge in [-0.15, -0.1) is 0 Å². The van der Waals surface area contributed by atoms with Crippen molar-refractivity contribution in [3.63, 3.8) is 0 Å². The van der Waals surface area contributed by atoms with Crippen LogP contribution < -0.4 is 0 Å². The van der Waals surface area contributed by atoms with Crippen LogP contribution in [0.3, 0.4) is 0 Å². The van der Waals surface area contributed by atoms with Crippen molar-refractivity contribution in [3.05, 3.63) is 29.8 Å². The van der Waals surface area contributed by atoms with E-state index in [0.717, 1.165) is 4.90 Å². The number of carboxylic acids is 1. The normalized spacial score (nSPS) is 23.9. The highest BCUT2D eigenvalue weighted by Crippen LogP contribution is 2.23. The first kappa shape index (κ1) is 15.2. The Morgan fingerprint density at radius 3 is 2.50 bits per heavy atom. The summed E-state index contributed by atoms with van der Waals surface area (Å²) in [6.45, 7) is 4.23. The number of rotatable bonds is 5. The van der Waals surface area contributed by atoms with Crippen LogP contribution in [0.25, 0.3) is 0 Å². The van der Waals surface area contributed by atoms with Gasteiger partial charge in [0, 0.05) is 4.90 Å². The molecular weight excluding hydrogens is 276 g/mol. The van der Waals surface area contributed by atoms with E-state index in [9.17, 15) is 9.00 Å². The van der Waals surface area contributed by atoms with Crippen molar-refractivity contribution in [2.75, 3.05) is 5.75 Å². The van der Waals surface area contributed by atoms with E-state index < -0.39 is 22.9 Å². The molecule has 1 heterocycles. The Hall–Kier alpha value is -1.20. The minimum Gasteiger partial charge on any atom is -0.479 e. The maximum Gasteiger partial charge on any atom is 0.332 e. The quantitative estimate of drug-likeness (QED) is 0.907. The molecule has 0 spiro atoms. The van der Waals surface area contributed by atoms with Gasteiger partial charge < -0.3 is 9.84 Å². The van der Waals surface area contributed by atoms with Gasteiger partial charge in [0.25, 0.3) is 0 Å². The number of hydrogen-bond donors (Lipinski definition) is 1. The molecule has 2 rings (SSSR count). The van der Waals surface area contributed by atoms with Gasteiger partial charge in [0.1, 0.15) is 0 Å². The predicted molar refractivity (Wildman–Crippen MR) is 77.3 cm³/mol. The van der Waals surface area contributed by atoms with Crippen molar-refractivity contribution >= 4 is 16.8 Å². The van der Waals surface area contributed by atoms with Crippen LogP contribution in [0, 0.1) is 0 Å². The van der Waals surface area contributed by atoms with Gasteiger partial charge >= 0.3 is 5.97 Å². The van der Waals surface area contributed by atoms with Crippen LogP contribution in [0.4, 0.5) is 0 Å². The molecule has 1 aromatic rings. The number of benzene rings is 1. The molecule has 1 N–H and O–H groups in total. The zero-order valence-corrected chi connectivity index (χ0v) is 12.6. The van der Waals surface area contributed by atoms with Gasteiger partial charge in [0.15, 0.2) is 6.10 Å². The first-order chi connectivity index (χ1) is 9.47. The van der Waals surface area contributed by atoms with E-state index in [0.29, 0.717) is 24.5 Å². The molecule has 1 fully saturated rings. The van der Waals surface area contributed by atoms with Crippen molar-refractivity contribution in [1.29, 1.82) is 0 Å². The van der Waals surface area contributed by atoms with Crippen LogP contribution in [0.15, 0.2) is 29.2 Å². The average Bonchev–Trinajstić information content (AvgIpc) is 2.87. The molecule has 4 nitrogen and oxygen atoms in total. The lowest BCUT2D eigenvalue weighted by atomic mass is 10.0. The summed E-state index contributed by atoms with van der Waals surface area (Å²) in [5.41, 5.74) is 1.22. The third-order valence-corrected chi connectivity index (χ3v) is 5.00. The summed E-state index contributed by atoms with van der Waals surface area (Å²) in [5, 5.41) is 8.86. The lowest BCUT2D eigenvalue weighted by molar-refractivity contribution is -0.148. The number of aliphatic carboxylic acids is 1. The average molecular weight is 296 g/mol. The fraction of sp³-hybridized carbons (Fsp3) is 0.533. The summed E-state index contributed by atoms with van der Waals surface area (Å²) in [6.07, 6.45) is 0.207. The van der Waals surface area contributed by atoms with Gasteiger partial charge in [-0.2, -0.15) is 0 Å². The number of ether oxygens (including phenoxy) is 1. The molecule has 0 saturated carbocycles. The monoisotopic (exact) mass is 296 g/mol. The molecular formula is C15H20O4S. The summed E-state index contributed by atoms with van der Waals surface area (Å²) >= 11 is 0. The summed E-state index contributed by atoms with van der Waals surface area (Å²) in [6, 6.07) is 7.76. The molecule has 0 amide bonds. The molecule has 0 bridgehead atoms. The Morgan fingerprint density at radius 1 is 1.35 bits per heavy atom. The van der Waals surface area contributed by atoms with Crippen molar-refractivity contribution in [3.8, 4) is 0 Å². The van der Waals surface area contributed by atoms with Gasteiger partial charge in [0.2, 0.25) is 0 Å². The highest BCUT2D eigenvalue weighted by atomic mass is 32.2. The number of carbonyl (C=O) groups is 1. The third kappa shape index (κ3) is 3.67. The van der Waals surface area contributed by atoms with E-state index in [1.165, 1.54) is 5.56 Å². The smallest absolute Gasteiger partial charge is 0.332 e. The highest BCUT2D eigenvalue weighted by molar-refractivity contribution is 7.85. The first-order valence-corrected chi connectivity index (χ1v) is 8.16. The second-order valence-electron chi connectivity index (χ2n) is 5.40. The van der Waals surface area contributed by atoms with Gasteiger partial charge in [0.05, 0.1) is 22.7 Å². The summed E-state index contributed by atoms with van der Waals surface area (Å²) in [5.74, 6) is -0.114. The van der Waals surface area contributed by atoms with Gasteiger partial charge in [-0.05, 0) is 36.5 Å². The Labute approximate surface area is 121 Å². The van der Waals surface area contributed by atoms with Crippen molar-refractivity contribution in [2.45, 2.75) is 49.7 Å². The van der Waals surface area contributed by atoms with E-state index in [4.69, 9.17) is 9.84 Å². The van der Waals surface area contributed by atoms with Crippen molar-refractivity contribution in [1.82, 2.24) is 0 Å². The molecule has 5 heteroatoms. The Kier molecular flexibility index (Phi) is 4.94. The molecule has 1 aliphatic rings. The minimum atomic E-state index is -1.14. The molecule has 3 unspecified atom stereocenters. The van der Waals surface area contributed by atoms with E-state index in [1.807, 2.05) is 24.3 Å². The SMILES string of the molecule is CC(C)c1ccc(S(=O)CC2CCC(C(=O)O)O2)cc1. The standard InChI is InChI=1S/C15H20O4S/c1-10(2)11-3-6-13(7-4-11)20(18)9-12-5-8-14(19-12)15(16)17/h3-4,6-7,10,12,14H,5,8-9H2,1-2H3,(H,16,17). The summed E-state index contributed by atoms with van der Waals surface area (Å²) in [7, 11) is -1.14. The molecule has 20 heavy (non-hydrogen) atoms. The molecule has 3 atom stereocenters. The third-order valence-electron chi connectivity index (χ3n) is 3.53. The van der Waals surface area contributed by atoms with E-state index in [2.05, 4.69) is 13.8 Å².